The van der Waals surface area contributed by atoms with Gasteiger partial charge in [0.15, 0.2) is 0 Å². The van der Waals surface area contributed by atoms with Gasteiger partial charge in [0.1, 0.15) is 0 Å². The highest BCUT2D eigenvalue weighted by Gasteiger charge is 2.34. The van der Waals surface area contributed by atoms with E-state index in [9.17, 15) is 0 Å². The third-order valence-electron chi connectivity index (χ3n) is 3.82. The number of likely N-dealkylation sites (N-methyl/N-ethyl adjacent to an activating group) is 1. The van der Waals surface area contributed by atoms with E-state index in [-0.39, 0.29) is 0 Å². The third-order valence-corrected chi connectivity index (χ3v) is 3.82. The SMILES string of the molecule is CN(C)CCNC1CCN2CCCCC12. The Labute approximate surface area is 93.8 Å². The summed E-state index contributed by atoms with van der Waals surface area (Å²) in [7, 11) is 4.28. The van der Waals surface area contributed by atoms with Gasteiger partial charge in [-0.2, -0.15) is 0 Å². The van der Waals surface area contributed by atoms with Crippen molar-refractivity contribution in [2.24, 2.45) is 0 Å². The van der Waals surface area contributed by atoms with Crippen LogP contribution in [0.4, 0.5) is 0 Å². The zero-order valence-corrected chi connectivity index (χ0v) is 10.2. The summed E-state index contributed by atoms with van der Waals surface area (Å²) in [5.41, 5.74) is 0. The number of nitrogens with zero attached hydrogens (tertiary/aromatic N) is 2. The average molecular weight is 211 g/mol. The maximum atomic E-state index is 3.73. The summed E-state index contributed by atoms with van der Waals surface area (Å²) in [5, 5.41) is 3.73. The first-order chi connectivity index (χ1) is 7.27. The lowest BCUT2D eigenvalue weighted by atomic mass is 9.99. The molecule has 0 spiro atoms. The molecule has 2 rings (SSSR count). The molecule has 2 atom stereocenters. The van der Waals surface area contributed by atoms with E-state index in [2.05, 4.69) is 29.2 Å². The fourth-order valence-electron chi connectivity index (χ4n) is 2.96. The standard InChI is InChI=1S/C12H25N3/c1-14(2)10-7-13-11-6-9-15-8-4-3-5-12(11)15/h11-13H,3-10H2,1-2H3. The Balaban J connectivity index is 1.73. The van der Waals surface area contributed by atoms with E-state index in [0.717, 1.165) is 25.2 Å². The van der Waals surface area contributed by atoms with E-state index in [4.69, 9.17) is 0 Å². The monoisotopic (exact) mass is 211 g/mol. The van der Waals surface area contributed by atoms with Crippen LogP contribution >= 0.6 is 0 Å². The number of hydrogen-bond donors (Lipinski definition) is 1. The third kappa shape index (κ3) is 2.92. The Hall–Kier alpha value is -0.120. The minimum atomic E-state index is 0.769. The highest BCUT2D eigenvalue weighted by Crippen LogP contribution is 2.26. The predicted octanol–water partition coefficient (Wildman–Crippen LogP) is 0.764. The molecule has 0 saturated carbocycles. The normalized spacial score (nSPS) is 32.2. The minimum Gasteiger partial charge on any atom is -0.311 e. The molecule has 1 N–H and O–H groups in total. The Morgan fingerprint density at radius 2 is 2.07 bits per heavy atom. The molecule has 2 aliphatic heterocycles. The highest BCUT2D eigenvalue weighted by atomic mass is 15.2. The lowest BCUT2D eigenvalue weighted by Crippen LogP contribution is -2.46. The molecule has 3 nitrogen and oxygen atoms in total. The average Bonchev–Trinajstić information content (AvgIpc) is 2.62. The van der Waals surface area contributed by atoms with Crippen molar-refractivity contribution in [3.8, 4) is 0 Å². The van der Waals surface area contributed by atoms with Crippen LogP contribution in [0.15, 0.2) is 0 Å². The van der Waals surface area contributed by atoms with Gasteiger partial charge in [-0.25, -0.2) is 0 Å². The van der Waals surface area contributed by atoms with Crippen LogP contribution < -0.4 is 5.32 Å². The van der Waals surface area contributed by atoms with Crippen molar-refractivity contribution in [2.75, 3.05) is 40.3 Å². The quantitative estimate of drug-likeness (QED) is 0.741. The van der Waals surface area contributed by atoms with Crippen molar-refractivity contribution in [1.82, 2.24) is 15.1 Å². The number of rotatable bonds is 4. The number of piperidine rings is 1. The molecule has 0 aromatic rings. The van der Waals surface area contributed by atoms with E-state index < -0.39 is 0 Å². The topological polar surface area (TPSA) is 18.5 Å². The molecule has 0 aromatic carbocycles. The second kappa shape index (κ2) is 5.28. The van der Waals surface area contributed by atoms with Crippen LogP contribution in [0, 0.1) is 0 Å². The van der Waals surface area contributed by atoms with Crippen LogP contribution in [-0.2, 0) is 0 Å². The summed E-state index contributed by atoms with van der Waals surface area (Å²) in [6, 6.07) is 1.62. The first-order valence-corrected chi connectivity index (χ1v) is 6.39. The molecule has 0 bridgehead atoms. The molecule has 15 heavy (non-hydrogen) atoms. The van der Waals surface area contributed by atoms with Gasteiger partial charge in [0.05, 0.1) is 0 Å². The molecule has 2 aliphatic rings. The van der Waals surface area contributed by atoms with E-state index in [1.165, 1.54) is 38.8 Å². The molecule has 0 aliphatic carbocycles. The van der Waals surface area contributed by atoms with E-state index >= 15 is 0 Å². The fraction of sp³-hybridized carbons (Fsp3) is 1.00. The van der Waals surface area contributed by atoms with Gasteiger partial charge in [0.25, 0.3) is 0 Å². The number of fused-ring (bicyclic) bond motifs is 1. The number of nitrogens with one attached hydrogen (secondary N) is 1. The fourth-order valence-corrected chi connectivity index (χ4v) is 2.96. The summed E-state index contributed by atoms with van der Waals surface area (Å²) < 4.78 is 0. The maximum absolute atomic E-state index is 3.73. The summed E-state index contributed by atoms with van der Waals surface area (Å²) in [6.45, 7) is 4.96. The van der Waals surface area contributed by atoms with Gasteiger partial charge in [-0.05, 0) is 39.9 Å². The molecule has 0 amide bonds. The minimum absolute atomic E-state index is 0.769. The van der Waals surface area contributed by atoms with Crippen molar-refractivity contribution in [3.63, 3.8) is 0 Å². The Kier molecular flexibility index (Phi) is 4.00. The van der Waals surface area contributed by atoms with Gasteiger partial charge in [-0.3, -0.25) is 4.90 Å². The molecule has 88 valence electrons. The highest BCUT2D eigenvalue weighted by molar-refractivity contribution is 4.93. The second-order valence-corrected chi connectivity index (χ2v) is 5.25. The summed E-state index contributed by atoms with van der Waals surface area (Å²) in [4.78, 5) is 4.94. The summed E-state index contributed by atoms with van der Waals surface area (Å²) in [5.74, 6) is 0. The molecule has 2 unspecified atom stereocenters. The first-order valence-electron chi connectivity index (χ1n) is 6.39. The largest absolute Gasteiger partial charge is 0.311 e. The lowest BCUT2D eigenvalue weighted by Gasteiger charge is -2.32. The zero-order chi connectivity index (χ0) is 10.7. The van der Waals surface area contributed by atoms with Gasteiger partial charge in [0, 0.05) is 31.7 Å². The van der Waals surface area contributed by atoms with Crippen LogP contribution in [-0.4, -0.2) is 62.2 Å². The van der Waals surface area contributed by atoms with Crippen LogP contribution in [0.2, 0.25) is 0 Å². The molecule has 2 saturated heterocycles. The Morgan fingerprint density at radius 3 is 2.87 bits per heavy atom. The van der Waals surface area contributed by atoms with Gasteiger partial charge in [-0.1, -0.05) is 6.42 Å². The molecule has 0 radical (unpaired) electrons. The van der Waals surface area contributed by atoms with Gasteiger partial charge in [-0.15, -0.1) is 0 Å². The van der Waals surface area contributed by atoms with Crippen LogP contribution in [0.5, 0.6) is 0 Å². The van der Waals surface area contributed by atoms with Gasteiger partial charge < -0.3 is 10.2 Å². The van der Waals surface area contributed by atoms with Crippen LogP contribution in [0.1, 0.15) is 25.7 Å². The molecule has 0 aromatic heterocycles. The molecular formula is C12H25N3. The van der Waals surface area contributed by atoms with Crippen LogP contribution in [0.25, 0.3) is 0 Å². The molecular weight excluding hydrogens is 186 g/mol. The first kappa shape index (κ1) is 11.4. The van der Waals surface area contributed by atoms with Gasteiger partial charge in [0.2, 0.25) is 0 Å². The molecule has 3 heteroatoms. The van der Waals surface area contributed by atoms with Crippen molar-refractivity contribution in [2.45, 2.75) is 37.8 Å². The summed E-state index contributed by atoms with van der Waals surface area (Å²) in [6.07, 6.45) is 5.63. The summed E-state index contributed by atoms with van der Waals surface area (Å²) >= 11 is 0. The predicted molar refractivity (Wildman–Crippen MR) is 64.2 cm³/mol. The lowest BCUT2D eigenvalue weighted by molar-refractivity contribution is 0.179. The van der Waals surface area contributed by atoms with Crippen molar-refractivity contribution >= 4 is 0 Å². The van der Waals surface area contributed by atoms with Crippen molar-refractivity contribution in [1.29, 1.82) is 0 Å². The van der Waals surface area contributed by atoms with Crippen molar-refractivity contribution in [3.05, 3.63) is 0 Å². The van der Waals surface area contributed by atoms with E-state index in [1.54, 1.807) is 0 Å². The maximum Gasteiger partial charge on any atom is 0.0249 e. The van der Waals surface area contributed by atoms with Gasteiger partial charge >= 0.3 is 0 Å². The smallest absolute Gasteiger partial charge is 0.0249 e. The zero-order valence-electron chi connectivity index (χ0n) is 10.2. The Bertz CT molecular complexity index is 193. The molecule has 2 heterocycles. The Morgan fingerprint density at radius 1 is 1.20 bits per heavy atom. The molecule has 2 fully saturated rings. The van der Waals surface area contributed by atoms with E-state index in [1.807, 2.05) is 0 Å². The van der Waals surface area contributed by atoms with Crippen molar-refractivity contribution < 1.29 is 0 Å². The number of hydrogen-bond acceptors (Lipinski definition) is 3. The van der Waals surface area contributed by atoms with E-state index in [0.29, 0.717) is 0 Å². The van der Waals surface area contributed by atoms with Crippen LogP contribution in [0.3, 0.4) is 0 Å². The second-order valence-electron chi connectivity index (χ2n) is 5.25.